The molecule has 2 aromatic carbocycles. The molecule has 0 radical (unpaired) electrons. The summed E-state index contributed by atoms with van der Waals surface area (Å²) in [5, 5.41) is 15.8. The number of furan rings is 1. The van der Waals surface area contributed by atoms with Gasteiger partial charge in [-0.05, 0) is 19.1 Å². The molecule has 5 rings (SSSR count). The molecule has 0 fully saturated rings. The van der Waals surface area contributed by atoms with Gasteiger partial charge in [0.25, 0.3) is 0 Å². The van der Waals surface area contributed by atoms with Gasteiger partial charge in [0.2, 0.25) is 11.7 Å². The minimum absolute atomic E-state index is 0.113. The normalized spacial score (nSPS) is 12.4. The molecule has 0 bridgehead atoms. The maximum Gasteiger partial charge on any atom is 0.243 e. The molecule has 7 nitrogen and oxygen atoms in total. The molecule has 1 atom stereocenters. The van der Waals surface area contributed by atoms with Crippen molar-refractivity contribution in [2.24, 2.45) is 0 Å². The third-order valence-corrected chi connectivity index (χ3v) is 4.83. The lowest BCUT2D eigenvalue weighted by atomic mass is 10.2. The molecule has 1 unspecified atom stereocenters. The Kier molecular flexibility index (Phi) is 4.42. The van der Waals surface area contributed by atoms with E-state index in [1.807, 2.05) is 67.6 Å². The van der Waals surface area contributed by atoms with E-state index in [1.165, 1.54) is 0 Å². The molecule has 3 heterocycles. The van der Waals surface area contributed by atoms with Crippen molar-refractivity contribution >= 4 is 11.0 Å². The number of hydrogen-bond donors (Lipinski definition) is 2. The molecule has 0 spiro atoms. The number of benzene rings is 2. The lowest BCUT2D eigenvalue weighted by Gasteiger charge is -2.09. The zero-order valence-corrected chi connectivity index (χ0v) is 15.8. The highest BCUT2D eigenvalue weighted by Crippen LogP contribution is 2.28. The average Bonchev–Trinajstić information content (AvgIpc) is 3.51. The number of aromatic amines is 1. The Morgan fingerprint density at radius 3 is 2.76 bits per heavy atom. The van der Waals surface area contributed by atoms with Crippen molar-refractivity contribution in [1.29, 1.82) is 0 Å². The lowest BCUT2D eigenvalue weighted by Crippen LogP contribution is -2.18. The highest BCUT2D eigenvalue weighted by atomic mass is 16.5. The smallest absolute Gasteiger partial charge is 0.243 e. The fraction of sp³-hybridized carbons (Fsp3) is 0.136. The Hall–Kier alpha value is -3.71. The van der Waals surface area contributed by atoms with Crippen LogP contribution in [0.3, 0.4) is 0 Å². The number of nitrogens with zero attached hydrogens (tertiary/aromatic N) is 3. The Bertz CT molecular complexity index is 1210. The van der Waals surface area contributed by atoms with Crippen LogP contribution in [0.5, 0.6) is 0 Å². The molecule has 0 saturated carbocycles. The fourth-order valence-electron chi connectivity index (χ4n) is 3.23. The van der Waals surface area contributed by atoms with Crippen LogP contribution in [-0.2, 0) is 6.54 Å². The van der Waals surface area contributed by atoms with Crippen LogP contribution in [-0.4, -0.2) is 20.3 Å². The van der Waals surface area contributed by atoms with Crippen molar-refractivity contribution in [3.8, 4) is 22.8 Å². The van der Waals surface area contributed by atoms with Crippen LogP contribution in [0.25, 0.3) is 33.8 Å². The Labute approximate surface area is 166 Å². The number of nitrogens with one attached hydrogen (secondary N) is 2. The van der Waals surface area contributed by atoms with Crippen LogP contribution in [0.4, 0.5) is 0 Å². The van der Waals surface area contributed by atoms with Crippen molar-refractivity contribution in [1.82, 2.24) is 25.7 Å². The molecule has 0 aliphatic carbocycles. The van der Waals surface area contributed by atoms with Gasteiger partial charge >= 0.3 is 0 Å². The zero-order chi connectivity index (χ0) is 19.6. The van der Waals surface area contributed by atoms with E-state index < -0.39 is 0 Å². The van der Waals surface area contributed by atoms with Gasteiger partial charge in [-0.3, -0.25) is 5.10 Å². The summed E-state index contributed by atoms with van der Waals surface area (Å²) >= 11 is 0. The topological polar surface area (TPSA) is 92.8 Å². The van der Waals surface area contributed by atoms with Gasteiger partial charge in [0.1, 0.15) is 11.3 Å². The predicted octanol–water partition coefficient (Wildman–Crippen LogP) is 4.72. The van der Waals surface area contributed by atoms with Crippen LogP contribution < -0.4 is 5.32 Å². The first-order valence-electron chi connectivity index (χ1n) is 9.41. The van der Waals surface area contributed by atoms with Gasteiger partial charge in [0.05, 0.1) is 12.2 Å². The van der Waals surface area contributed by atoms with Crippen molar-refractivity contribution in [2.45, 2.75) is 19.5 Å². The summed E-state index contributed by atoms with van der Waals surface area (Å²) in [5.41, 5.74) is 3.63. The van der Waals surface area contributed by atoms with E-state index in [0.29, 0.717) is 18.3 Å². The second kappa shape index (κ2) is 7.37. The summed E-state index contributed by atoms with van der Waals surface area (Å²) in [6.07, 6.45) is 1.80. The molecule has 2 N–H and O–H groups in total. The second-order valence-electron chi connectivity index (χ2n) is 6.84. The molecule has 0 amide bonds. The van der Waals surface area contributed by atoms with E-state index in [9.17, 15) is 0 Å². The van der Waals surface area contributed by atoms with Crippen LogP contribution >= 0.6 is 0 Å². The minimum Gasteiger partial charge on any atom is -0.454 e. The van der Waals surface area contributed by atoms with Crippen LogP contribution in [0, 0.1) is 0 Å². The lowest BCUT2D eigenvalue weighted by molar-refractivity contribution is 0.339. The summed E-state index contributed by atoms with van der Waals surface area (Å²) in [6, 6.07) is 19.6. The Morgan fingerprint density at radius 2 is 1.90 bits per heavy atom. The fourth-order valence-corrected chi connectivity index (χ4v) is 3.23. The zero-order valence-electron chi connectivity index (χ0n) is 15.8. The van der Waals surface area contributed by atoms with Gasteiger partial charge in [-0.2, -0.15) is 10.1 Å². The van der Waals surface area contributed by atoms with Crippen molar-refractivity contribution in [3.05, 3.63) is 78.3 Å². The van der Waals surface area contributed by atoms with Crippen molar-refractivity contribution < 1.29 is 8.94 Å². The molecular weight excluding hydrogens is 366 g/mol. The predicted molar refractivity (Wildman–Crippen MR) is 109 cm³/mol. The minimum atomic E-state index is -0.113. The quantitative estimate of drug-likeness (QED) is 0.439. The summed E-state index contributed by atoms with van der Waals surface area (Å²) in [5.74, 6) is 1.88. The molecule has 144 valence electrons. The first kappa shape index (κ1) is 17.4. The van der Waals surface area contributed by atoms with E-state index >= 15 is 0 Å². The molecule has 7 heteroatoms. The first-order chi connectivity index (χ1) is 14.3. The van der Waals surface area contributed by atoms with E-state index in [-0.39, 0.29) is 6.04 Å². The average molecular weight is 385 g/mol. The van der Waals surface area contributed by atoms with Crippen LogP contribution in [0.2, 0.25) is 0 Å². The molecule has 5 aromatic rings. The third-order valence-electron chi connectivity index (χ3n) is 4.83. The molecule has 3 aromatic heterocycles. The van der Waals surface area contributed by atoms with E-state index in [2.05, 4.69) is 25.7 Å². The monoisotopic (exact) mass is 385 g/mol. The standard InChI is InChI=1S/C22H19N5O2/c1-14(22-25-21(27-29-22)15-7-3-2-4-8-15)23-12-17-13-24-26-20(17)19-11-16-9-5-6-10-18(16)28-19/h2-11,13-14,23H,12H2,1H3,(H,24,26). The van der Waals surface area contributed by atoms with Crippen LogP contribution in [0.1, 0.15) is 24.4 Å². The number of fused-ring (bicyclic) bond motifs is 1. The van der Waals surface area contributed by atoms with E-state index in [1.54, 1.807) is 6.20 Å². The number of aromatic nitrogens is 4. The van der Waals surface area contributed by atoms with Crippen molar-refractivity contribution in [2.75, 3.05) is 0 Å². The number of para-hydroxylation sites is 1. The number of rotatable bonds is 6. The first-order valence-corrected chi connectivity index (χ1v) is 9.41. The highest BCUT2D eigenvalue weighted by molar-refractivity contribution is 5.82. The highest BCUT2D eigenvalue weighted by Gasteiger charge is 2.17. The van der Waals surface area contributed by atoms with E-state index in [4.69, 9.17) is 8.94 Å². The van der Waals surface area contributed by atoms with Gasteiger partial charge < -0.3 is 14.3 Å². The van der Waals surface area contributed by atoms with Gasteiger partial charge in [-0.15, -0.1) is 0 Å². The summed E-state index contributed by atoms with van der Waals surface area (Å²) in [4.78, 5) is 4.51. The Morgan fingerprint density at radius 1 is 1.07 bits per heavy atom. The maximum atomic E-state index is 5.96. The maximum absolute atomic E-state index is 5.96. The molecule has 0 saturated heterocycles. The van der Waals surface area contributed by atoms with Crippen molar-refractivity contribution in [3.63, 3.8) is 0 Å². The molecular formula is C22H19N5O2. The largest absolute Gasteiger partial charge is 0.454 e. The summed E-state index contributed by atoms with van der Waals surface area (Å²) < 4.78 is 11.4. The number of hydrogen-bond acceptors (Lipinski definition) is 6. The molecule has 29 heavy (non-hydrogen) atoms. The summed E-state index contributed by atoms with van der Waals surface area (Å²) in [6.45, 7) is 2.57. The Balaban J connectivity index is 1.31. The molecule has 0 aliphatic heterocycles. The van der Waals surface area contributed by atoms with E-state index in [0.717, 1.165) is 33.6 Å². The van der Waals surface area contributed by atoms with Crippen LogP contribution in [0.15, 0.2) is 75.8 Å². The molecule has 0 aliphatic rings. The van der Waals surface area contributed by atoms with Gasteiger partial charge in [-0.25, -0.2) is 0 Å². The van der Waals surface area contributed by atoms with Gasteiger partial charge in [-0.1, -0.05) is 53.7 Å². The number of H-pyrrole nitrogens is 1. The second-order valence-corrected chi connectivity index (χ2v) is 6.84. The van der Waals surface area contributed by atoms with Gasteiger partial charge in [0.15, 0.2) is 5.76 Å². The van der Waals surface area contributed by atoms with Gasteiger partial charge in [0, 0.05) is 23.1 Å². The SMILES string of the molecule is CC(NCc1cn[nH]c1-c1cc2ccccc2o1)c1nc(-c2ccccc2)no1. The third kappa shape index (κ3) is 3.43. The summed E-state index contributed by atoms with van der Waals surface area (Å²) in [7, 11) is 0.